The summed E-state index contributed by atoms with van der Waals surface area (Å²) in [7, 11) is 0. The van der Waals surface area contributed by atoms with Crippen molar-refractivity contribution in [3.8, 4) is 0 Å². The molecule has 2 N–H and O–H groups in total. The van der Waals surface area contributed by atoms with E-state index >= 15 is 0 Å². The summed E-state index contributed by atoms with van der Waals surface area (Å²) in [5.41, 5.74) is 10.3. The SMILES string of the molecule is Nc1ncc2c(n1)CCN(Cc1ccnc3ccccc13)C2. The van der Waals surface area contributed by atoms with Crippen LogP contribution in [-0.2, 0) is 19.5 Å². The summed E-state index contributed by atoms with van der Waals surface area (Å²) in [5.74, 6) is 0.368. The zero-order chi connectivity index (χ0) is 14.9. The summed E-state index contributed by atoms with van der Waals surface area (Å²) in [6.07, 6.45) is 4.67. The Hall–Kier alpha value is -2.53. The molecule has 22 heavy (non-hydrogen) atoms. The molecule has 110 valence electrons. The lowest BCUT2D eigenvalue weighted by molar-refractivity contribution is 0.244. The van der Waals surface area contributed by atoms with Crippen molar-refractivity contribution in [2.45, 2.75) is 19.5 Å². The van der Waals surface area contributed by atoms with Gasteiger partial charge in [0.1, 0.15) is 0 Å². The smallest absolute Gasteiger partial charge is 0.220 e. The Morgan fingerprint density at radius 2 is 2.05 bits per heavy atom. The van der Waals surface area contributed by atoms with Crippen LogP contribution < -0.4 is 5.73 Å². The van der Waals surface area contributed by atoms with Gasteiger partial charge in [-0.25, -0.2) is 9.97 Å². The monoisotopic (exact) mass is 291 g/mol. The number of para-hydroxylation sites is 1. The molecule has 0 atom stereocenters. The first-order valence-electron chi connectivity index (χ1n) is 7.45. The Balaban J connectivity index is 1.60. The van der Waals surface area contributed by atoms with Crippen molar-refractivity contribution in [3.05, 3.63) is 59.5 Å². The van der Waals surface area contributed by atoms with E-state index in [0.717, 1.165) is 37.3 Å². The molecule has 0 saturated heterocycles. The third-order valence-corrected chi connectivity index (χ3v) is 4.16. The van der Waals surface area contributed by atoms with Crippen molar-refractivity contribution in [3.63, 3.8) is 0 Å². The van der Waals surface area contributed by atoms with Crippen LogP contribution in [0.1, 0.15) is 16.8 Å². The average molecular weight is 291 g/mol. The van der Waals surface area contributed by atoms with E-state index in [9.17, 15) is 0 Å². The van der Waals surface area contributed by atoms with Crippen LogP contribution in [0.4, 0.5) is 5.95 Å². The molecule has 0 aliphatic carbocycles. The molecule has 5 nitrogen and oxygen atoms in total. The highest BCUT2D eigenvalue weighted by Crippen LogP contribution is 2.22. The van der Waals surface area contributed by atoms with E-state index in [-0.39, 0.29) is 0 Å². The highest BCUT2D eigenvalue weighted by molar-refractivity contribution is 5.81. The van der Waals surface area contributed by atoms with E-state index in [4.69, 9.17) is 5.73 Å². The number of benzene rings is 1. The molecule has 4 rings (SSSR count). The van der Waals surface area contributed by atoms with E-state index in [1.807, 2.05) is 18.5 Å². The summed E-state index contributed by atoms with van der Waals surface area (Å²) in [6, 6.07) is 10.4. The van der Waals surface area contributed by atoms with Crippen LogP contribution in [0.15, 0.2) is 42.7 Å². The number of nitrogen functional groups attached to an aromatic ring is 1. The number of hydrogen-bond acceptors (Lipinski definition) is 5. The minimum atomic E-state index is 0.368. The Morgan fingerprint density at radius 3 is 3.00 bits per heavy atom. The van der Waals surface area contributed by atoms with Gasteiger partial charge in [0.25, 0.3) is 0 Å². The maximum atomic E-state index is 5.66. The van der Waals surface area contributed by atoms with E-state index in [1.165, 1.54) is 16.5 Å². The number of aromatic nitrogens is 3. The molecule has 0 fully saturated rings. The minimum Gasteiger partial charge on any atom is -0.368 e. The Kier molecular flexibility index (Phi) is 3.20. The fourth-order valence-corrected chi connectivity index (χ4v) is 3.06. The standard InChI is InChI=1S/C17H17N5/c18-17-20-9-13-11-22(8-6-15(13)21-17)10-12-5-7-19-16-4-2-1-3-14(12)16/h1-5,7,9H,6,8,10-11H2,(H2,18,20,21). The number of pyridine rings is 1. The van der Waals surface area contributed by atoms with Crippen molar-refractivity contribution in [1.82, 2.24) is 19.9 Å². The van der Waals surface area contributed by atoms with Gasteiger partial charge in [-0.05, 0) is 17.7 Å². The minimum absolute atomic E-state index is 0.368. The summed E-state index contributed by atoms with van der Waals surface area (Å²) in [6.45, 7) is 2.76. The first kappa shape index (κ1) is 13.2. The number of anilines is 1. The third-order valence-electron chi connectivity index (χ3n) is 4.16. The summed E-state index contributed by atoms with van der Waals surface area (Å²) in [4.78, 5) is 15.3. The largest absolute Gasteiger partial charge is 0.368 e. The summed E-state index contributed by atoms with van der Waals surface area (Å²) >= 11 is 0. The van der Waals surface area contributed by atoms with Gasteiger partial charge in [-0.2, -0.15) is 0 Å². The Morgan fingerprint density at radius 1 is 1.14 bits per heavy atom. The molecule has 5 heteroatoms. The molecule has 1 aliphatic heterocycles. The second-order valence-corrected chi connectivity index (χ2v) is 5.65. The molecule has 3 heterocycles. The molecular weight excluding hydrogens is 274 g/mol. The van der Waals surface area contributed by atoms with Crippen LogP contribution in [0.3, 0.4) is 0 Å². The number of fused-ring (bicyclic) bond motifs is 2. The Labute approximate surface area is 128 Å². The molecule has 1 aliphatic rings. The molecule has 0 spiro atoms. The molecule has 0 radical (unpaired) electrons. The van der Waals surface area contributed by atoms with Gasteiger partial charge in [-0.3, -0.25) is 9.88 Å². The van der Waals surface area contributed by atoms with Crippen molar-refractivity contribution < 1.29 is 0 Å². The molecule has 0 unspecified atom stereocenters. The molecule has 0 saturated carbocycles. The second-order valence-electron chi connectivity index (χ2n) is 5.65. The first-order valence-corrected chi connectivity index (χ1v) is 7.45. The van der Waals surface area contributed by atoms with Crippen LogP contribution >= 0.6 is 0 Å². The van der Waals surface area contributed by atoms with Gasteiger partial charge in [-0.15, -0.1) is 0 Å². The predicted molar refractivity (Wildman–Crippen MR) is 86.0 cm³/mol. The number of nitrogens with zero attached hydrogens (tertiary/aromatic N) is 4. The lowest BCUT2D eigenvalue weighted by atomic mass is 10.0. The normalized spacial score (nSPS) is 14.9. The zero-order valence-electron chi connectivity index (χ0n) is 12.2. The van der Waals surface area contributed by atoms with Gasteiger partial charge < -0.3 is 5.73 Å². The fraction of sp³-hybridized carbons (Fsp3) is 0.235. The summed E-state index contributed by atoms with van der Waals surface area (Å²) in [5, 5.41) is 1.23. The van der Waals surface area contributed by atoms with Gasteiger partial charge >= 0.3 is 0 Å². The maximum Gasteiger partial charge on any atom is 0.220 e. The fourth-order valence-electron chi connectivity index (χ4n) is 3.06. The molecule has 3 aromatic rings. The van der Waals surface area contributed by atoms with E-state index in [2.05, 4.69) is 44.1 Å². The van der Waals surface area contributed by atoms with Gasteiger partial charge in [0.15, 0.2) is 0 Å². The molecular formula is C17H17N5. The number of hydrogen-bond donors (Lipinski definition) is 1. The molecule has 0 bridgehead atoms. The lowest BCUT2D eigenvalue weighted by Gasteiger charge is -2.28. The van der Waals surface area contributed by atoms with E-state index in [1.54, 1.807) is 0 Å². The van der Waals surface area contributed by atoms with Crippen LogP contribution in [0.25, 0.3) is 10.9 Å². The van der Waals surface area contributed by atoms with E-state index < -0.39 is 0 Å². The molecule has 2 aromatic heterocycles. The number of rotatable bonds is 2. The van der Waals surface area contributed by atoms with Gasteiger partial charge in [0, 0.05) is 49.4 Å². The summed E-state index contributed by atoms with van der Waals surface area (Å²) < 4.78 is 0. The van der Waals surface area contributed by atoms with Crippen LogP contribution in [0.2, 0.25) is 0 Å². The first-order chi connectivity index (χ1) is 10.8. The molecule has 1 aromatic carbocycles. The highest BCUT2D eigenvalue weighted by Gasteiger charge is 2.18. The third kappa shape index (κ3) is 2.40. The molecule has 0 amide bonds. The number of nitrogens with two attached hydrogens (primary N) is 1. The predicted octanol–water partition coefficient (Wildman–Crippen LogP) is 2.17. The topological polar surface area (TPSA) is 67.9 Å². The van der Waals surface area contributed by atoms with Crippen LogP contribution in [-0.4, -0.2) is 26.4 Å². The van der Waals surface area contributed by atoms with Gasteiger partial charge in [0.05, 0.1) is 11.2 Å². The van der Waals surface area contributed by atoms with Crippen molar-refractivity contribution in [1.29, 1.82) is 0 Å². The lowest BCUT2D eigenvalue weighted by Crippen LogP contribution is -2.31. The second kappa shape index (κ2) is 5.35. The maximum absolute atomic E-state index is 5.66. The quantitative estimate of drug-likeness (QED) is 0.783. The average Bonchev–Trinajstić information content (AvgIpc) is 2.55. The highest BCUT2D eigenvalue weighted by atomic mass is 15.1. The zero-order valence-corrected chi connectivity index (χ0v) is 12.2. The van der Waals surface area contributed by atoms with Crippen molar-refractivity contribution >= 4 is 16.9 Å². The van der Waals surface area contributed by atoms with Gasteiger partial charge in [-0.1, -0.05) is 18.2 Å². The van der Waals surface area contributed by atoms with Crippen LogP contribution in [0, 0.1) is 0 Å². The van der Waals surface area contributed by atoms with Crippen molar-refractivity contribution in [2.24, 2.45) is 0 Å². The van der Waals surface area contributed by atoms with E-state index in [0.29, 0.717) is 5.95 Å². The Bertz CT molecular complexity index is 825. The van der Waals surface area contributed by atoms with Crippen LogP contribution in [0.5, 0.6) is 0 Å². The van der Waals surface area contributed by atoms with Gasteiger partial charge in [0.2, 0.25) is 5.95 Å². The van der Waals surface area contributed by atoms with Crippen molar-refractivity contribution in [2.75, 3.05) is 12.3 Å².